The van der Waals surface area contributed by atoms with E-state index >= 15 is 0 Å². The van der Waals surface area contributed by atoms with Crippen LogP contribution in [0, 0.1) is 11.3 Å². The quantitative estimate of drug-likeness (QED) is 0.578. The highest BCUT2D eigenvalue weighted by molar-refractivity contribution is 7.93. The summed E-state index contributed by atoms with van der Waals surface area (Å²) >= 11 is 0. The third-order valence-electron chi connectivity index (χ3n) is 6.96. The molecule has 3 aromatic rings. The van der Waals surface area contributed by atoms with E-state index in [1.165, 1.54) is 16.8 Å². The van der Waals surface area contributed by atoms with Crippen molar-refractivity contribution in [3.8, 4) is 11.9 Å². The molecule has 10 heteroatoms. The smallest absolute Gasteiger partial charge is 0.263 e. The van der Waals surface area contributed by atoms with Crippen LogP contribution in [0.1, 0.15) is 47.2 Å². The van der Waals surface area contributed by atoms with E-state index in [4.69, 9.17) is 10.00 Å². The van der Waals surface area contributed by atoms with Crippen LogP contribution < -0.4 is 15.6 Å². The number of fused-ring (bicyclic) bond motifs is 1. The van der Waals surface area contributed by atoms with Crippen molar-refractivity contribution in [3.05, 3.63) is 69.6 Å². The Bertz CT molecular complexity index is 1530. The Morgan fingerprint density at radius 3 is 2.71 bits per heavy atom. The number of nitriles is 1. The van der Waals surface area contributed by atoms with Gasteiger partial charge in [0.25, 0.3) is 11.5 Å². The lowest BCUT2D eigenvalue weighted by molar-refractivity contribution is 0.0949. The van der Waals surface area contributed by atoms with Crippen molar-refractivity contribution >= 4 is 26.6 Å². The molecular weight excluding hydrogens is 468 g/mol. The SMILES string of the molecule is Cn1c(=O)c(C(=O)NCc2ccc(C#N)cc2)cc2ccnc(OC3CCCS(=O)(=O)C34CC4)c21. The van der Waals surface area contributed by atoms with Crippen molar-refractivity contribution in [2.75, 3.05) is 5.75 Å². The molecule has 1 atom stereocenters. The molecule has 1 N–H and O–H groups in total. The molecule has 35 heavy (non-hydrogen) atoms. The molecule has 1 unspecified atom stereocenters. The number of amides is 1. The fraction of sp³-hybridized carbons (Fsp3) is 0.360. The fourth-order valence-electron chi connectivity index (χ4n) is 4.81. The van der Waals surface area contributed by atoms with Crippen LogP contribution in [0.15, 0.2) is 47.4 Å². The van der Waals surface area contributed by atoms with Gasteiger partial charge in [0.1, 0.15) is 21.9 Å². The maximum absolute atomic E-state index is 13.1. The number of nitrogens with zero attached hydrogens (tertiary/aromatic N) is 3. The van der Waals surface area contributed by atoms with Gasteiger partial charge in [0.2, 0.25) is 5.88 Å². The molecule has 0 bridgehead atoms. The van der Waals surface area contributed by atoms with Crippen molar-refractivity contribution in [2.24, 2.45) is 7.05 Å². The van der Waals surface area contributed by atoms with Gasteiger partial charge in [-0.15, -0.1) is 0 Å². The van der Waals surface area contributed by atoms with E-state index in [-0.39, 0.29) is 23.7 Å². The molecule has 1 amide bonds. The van der Waals surface area contributed by atoms with Crippen molar-refractivity contribution in [1.82, 2.24) is 14.9 Å². The lowest BCUT2D eigenvalue weighted by Crippen LogP contribution is -2.45. The zero-order valence-corrected chi connectivity index (χ0v) is 20.0. The molecule has 9 nitrogen and oxygen atoms in total. The molecule has 2 aliphatic rings. The standard InChI is InChI=1S/C25H24N4O5S/c1-29-21-18(8-11-27-23(21)34-20-3-2-12-35(32,33)25(20)9-10-25)13-19(24(29)31)22(30)28-15-17-6-4-16(14-26)5-7-17/h4-8,11,13,20H,2-3,9-10,12,15H2,1H3,(H,28,30). The van der Waals surface area contributed by atoms with Gasteiger partial charge in [-0.25, -0.2) is 13.4 Å². The Morgan fingerprint density at radius 1 is 1.29 bits per heavy atom. The molecule has 3 heterocycles. The van der Waals surface area contributed by atoms with E-state index in [1.54, 1.807) is 37.4 Å². The minimum atomic E-state index is -3.23. The maximum atomic E-state index is 13.1. The zero-order chi connectivity index (χ0) is 24.8. The van der Waals surface area contributed by atoms with Crippen LogP contribution >= 0.6 is 0 Å². The predicted molar refractivity (Wildman–Crippen MR) is 129 cm³/mol. The summed E-state index contributed by atoms with van der Waals surface area (Å²) in [6.45, 7) is 0.203. The Kier molecular flexibility index (Phi) is 5.60. The summed E-state index contributed by atoms with van der Waals surface area (Å²) < 4.78 is 32.0. The summed E-state index contributed by atoms with van der Waals surface area (Å²) in [5.41, 5.74) is 1.20. The average molecular weight is 493 g/mol. The Hall–Kier alpha value is -3.71. The first-order chi connectivity index (χ1) is 16.8. The second kappa shape index (κ2) is 8.50. The van der Waals surface area contributed by atoms with Crippen molar-refractivity contribution in [2.45, 2.75) is 43.1 Å². The number of carbonyl (C=O) groups is 1. The van der Waals surface area contributed by atoms with Crippen LogP contribution in [-0.2, 0) is 23.4 Å². The number of hydrogen-bond donors (Lipinski definition) is 1. The first kappa shape index (κ1) is 23.1. The molecular formula is C25H24N4O5S. The fourth-order valence-corrected chi connectivity index (χ4v) is 7.05. The van der Waals surface area contributed by atoms with Gasteiger partial charge in [-0.05, 0) is 55.5 Å². The molecule has 1 saturated heterocycles. The van der Waals surface area contributed by atoms with Gasteiger partial charge >= 0.3 is 0 Å². The second-order valence-electron chi connectivity index (χ2n) is 9.10. The van der Waals surface area contributed by atoms with Crippen LogP contribution in [0.25, 0.3) is 10.9 Å². The Morgan fingerprint density at radius 2 is 2.03 bits per heavy atom. The molecule has 0 radical (unpaired) electrons. The number of carbonyl (C=O) groups excluding carboxylic acids is 1. The molecule has 5 rings (SSSR count). The molecule has 1 aliphatic heterocycles. The summed E-state index contributed by atoms with van der Waals surface area (Å²) in [5, 5.41) is 12.2. The summed E-state index contributed by atoms with van der Waals surface area (Å²) in [6, 6.07) is 12.0. The minimum Gasteiger partial charge on any atom is -0.471 e. The highest BCUT2D eigenvalue weighted by atomic mass is 32.2. The highest BCUT2D eigenvalue weighted by Gasteiger charge is 2.62. The number of benzene rings is 1. The monoisotopic (exact) mass is 492 g/mol. The van der Waals surface area contributed by atoms with Gasteiger partial charge < -0.3 is 14.6 Å². The molecule has 1 saturated carbocycles. The lowest BCUT2D eigenvalue weighted by atomic mass is 10.1. The Labute approximate surface area is 202 Å². The Balaban J connectivity index is 1.42. The first-order valence-corrected chi connectivity index (χ1v) is 13.1. The number of pyridine rings is 2. The van der Waals surface area contributed by atoms with Crippen LogP contribution in [0.3, 0.4) is 0 Å². The van der Waals surface area contributed by atoms with E-state index in [0.29, 0.717) is 42.1 Å². The van der Waals surface area contributed by atoms with Crippen LogP contribution in [0.5, 0.6) is 5.88 Å². The zero-order valence-electron chi connectivity index (χ0n) is 19.2. The molecule has 180 valence electrons. The van der Waals surface area contributed by atoms with Crippen LogP contribution in [0.2, 0.25) is 0 Å². The summed E-state index contributed by atoms with van der Waals surface area (Å²) in [7, 11) is -1.69. The van der Waals surface area contributed by atoms with Gasteiger partial charge in [0.05, 0.1) is 17.4 Å². The number of aromatic nitrogens is 2. The van der Waals surface area contributed by atoms with E-state index in [2.05, 4.69) is 10.3 Å². The van der Waals surface area contributed by atoms with Gasteiger partial charge in [-0.3, -0.25) is 9.59 Å². The average Bonchev–Trinajstić information content (AvgIpc) is 3.66. The maximum Gasteiger partial charge on any atom is 0.263 e. The van der Waals surface area contributed by atoms with E-state index < -0.39 is 32.2 Å². The number of sulfone groups is 1. The highest BCUT2D eigenvalue weighted by Crippen LogP contribution is 2.52. The number of ether oxygens (including phenoxy) is 1. The summed E-state index contributed by atoms with van der Waals surface area (Å²) in [6.07, 6.45) is 3.31. The van der Waals surface area contributed by atoms with E-state index in [9.17, 15) is 18.0 Å². The van der Waals surface area contributed by atoms with Crippen molar-refractivity contribution in [3.63, 3.8) is 0 Å². The minimum absolute atomic E-state index is 0.0234. The number of hydrogen-bond acceptors (Lipinski definition) is 7. The number of rotatable bonds is 5. The van der Waals surface area contributed by atoms with Gasteiger partial charge in [-0.1, -0.05) is 12.1 Å². The first-order valence-electron chi connectivity index (χ1n) is 11.4. The van der Waals surface area contributed by atoms with Crippen molar-refractivity contribution in [1.29, 1.82) is 5.26 Å². The largest absolute Gasteiger partial charge is 0.471 e. The molecule has 1 spiro atoms. The molecule has 2 aromatic heterocycles. The number of nitrogens with one attached hydrogen (secondary N) is 1. The van der Waals surface area contributed by atoms with Gasteiger partial charge in [0.15, 0.2) is 9.84 Å². The lowest BCUT2D eigenvalue weighted by Gasteiger charge is -2.31. The van der Waals surface area contributed by atoms with Crippen LogP contribution in [-0.4, -0.2) is 40.5 Å². The van der Waals surface area contributed by atoms with Crippen LogP contribution in [0.4, 0.5) is 0 Å². The third-order valence-corrected chi connectivity index (χ3v) is 9.69. The molecule has 1 aromatic carbocycles. The number of aryl methyl sites for hydroxylation is 1. The normalized spacial score (nSPS) is 19.7. The third kappa shape index (κ3) is 3.96. The van der Waals surface area contributed by atoms with E-state index in [1.807, 2.05) is 6.07 Å². The summed E-state index contributed by atoms with van der Waals surface area (Å²) in [5.74, 6) is -0.152. The predicted octanol–water partition coefficient (Wildman–Crippen LogP) is 2.22. The van der Waals surface area contributed by atoms with Crippen molar-refractivity contribution < 1.29 is 17.9 Å². The summed E-state index contributed by atoms with van der Waals surface area (Å²) in [4.78, 5) is 30.2. The molecule has 1 aliphatic carbocycles. The van der Waals surface area contributed by atoms with E-state index in [0.717, 1.165) is 5.56 Å². The topological polar surface area (TPSA) is 131 Å². The molecule has 2 fully saturated rings. The van der Waals surface area contributed by atoms with Gasteiger partial charge in [0, 0.05) is 25.2 Å². The van der Waals surface area contributed by atoms with Gasteiger partial charge in [-0.2, -0.15) is 5.26 Å². The second-order valence-corrected chi connectivity index (χ2v) is 11.6.